The summed E-state index contributed by atoms with van der Waals surface area (Å²) < 4.78 is 0. The van der Waals surface area contributed by atoms with E-state index in [1.54, 1.807) is 0 Å². The van der Waals surface area contributed by atoms with Gasteiger partial charge in [-0.3, -0.25) is 10.1 Å². The molecule has 0 aromatic carbocycles. The van der Waals surface area contributed by atoms with Gasteiger partial charge in [0.2, 0.25) is 11.8 Å². The summed E-state index contributed by atoms with van der Waals surface area (Å²) in [5.41, 5.74) is 5.35. The van der Waals surface area contributed by atoms with Crippen molar-refractivity contribution in [2.75, 3.05) is 43.4 Å². The van der Waals surface area contributed by atoms with Crippen LogP contribution in [0.15, 0.2) is 6.20 Å². The maximum absolute atomic E-state index is 10.7. The van der Waals surface area contributed by atoms with Gasteiger partial charge in [0.25, 0.3) is 0 Å². The van der Waals surface area contributed by atoms with Crippen molar-refractivity contribution in [3.8, 4) is 0 Å². The average molecular weight is 266 g/mol. The Balaban J connectivity index is 2.13. The van der Waals surface area contributed by atoms with Gasteiger partial charge < -0.3 is 15.5 Å². The molecular weight excluding hydrogens is 248 g/mol. The first-order valence-electron chi connectivity index (χ1n) is 6.36. The molecule has 2 rings (SSSR count). The van der Waals surface area contributed by atoms with Gasteiger partial charge in [0.05, 0.1) is 4.92 Å². The molecule has 1 fully saturated rings. The topological polar surface area (TPSA) is 101 Å². The van der Waals surface area contributed by atoms with Crippen molar-refractivity contribution < 1.29 is 4.92 Å². The van der Waals surface area contributed by atoms with Crippen molar-refractivity contribution in [1.82, 2.24) is 14.9 Å². The van der Waals surface area contributed by atoms with E-state index in [2.05, 4.69) is 21.8 Å². The highest BCUT2D eigenvalue weighted by Crippen LogP contribution is 2.20. The number of nitro groups is 1. The number of nitrogens with two attached hydrogens (primary N) is 1. The summed E-state index contributed by atoms with van der Waals surface area (Å²) in [7, 11) is 0. The van der Waals surface area contributed by atoms with Crippen LogP contribution in [0.2, 0.25) is 0 Å². The lowest BCUT2D eigenvalue weighted by Gasteiger charge is -2.20. The first-order valence-corrected chi connectivity index (χ1v) is 6.36. The summed E-state index contributed by atoms with van der Waals surface area (Å²) in [5, 5.41) is 10.7. The Morgan fingerprint density at radius 1 is 1.42 bits per heavy atom. The van der Waals surface area contributed by atoms with E-state index >= 15 is 0 Å². The van der Waals surface area contributed by atoms with E-state index in [0.717, 1.165) is 39.1 Å². The number of nitrogens with zero attached hydrogens (tertiary/aromatic N) is 5. The molecule has 0 atom stereocenters. The van der Waals surface area contributed by atoms with Crippen LogP contribution < -0.4 is 10.6 Å². The van der Waals surface area contributed by atoms with Crippen molar-refractivity contribution >= 4 is 17.5 Å². The number of hydrogen-bond donors (Lipinski definition) is 1. The molecule has 0 spiro atoms. The SMILES string of the molecule is CCN1CCCN(c2ncc([N+](=O)[O-])c(N)n2)CC1. The Hall–Kier alpha value is -1.96. The van der Waals surface area contributed by atoms with Gasteiger partial charge in [-0.15, -0.1) is 0 Å². The molecule has 0 bridgehead atoms. The largest absolute Gasteiger partial charge is 0.378 e. The summed E-state index contributed by atoms with van der Waals surface area (Å²) in [4.78, 5) is 22.6. The molecule has 19 heavy (non-hydrogen) atoms. The fraction of sp³-hybridized carbons (Fsp3) is 0.636. The second kappa shape index (κ2) is 5.79. The van der Waals surface area contributed by atoms with E-state index in [1.807, 2.05) is 4.90 Å². The molecule has 2 heterocycles. The van der Waals surface area contributed by atoms with Gasteiger partial charge in [0, 0.05) is 19.6 Å². The first-order chi connectivity index (χ1) is 9.11. The molecule has 104 valence electrons. The monoisotopic (exact) mass is 266 g/mol. The minimum Gasteiger partial charge on any atom is -0.378 e. The van der Waals surface area contributed by atoms with Crippen LogP contribution in [0.1, 0.15) is 13.3 Å². The molecule has 0 unspecified atom stereocenters. The zero-order valence-electron chi connectivity index (χ0n) is 10.9. The molecule has 1 aliphatic rings. The van der Waals surface area contributed by atoms with Crippen LogP contribution in [-0.4, -0.2) is 52.5 Å². The molecule has 0 saturated carbocycles. The number of aromatic nitrogens is 2. The van der Waals surface area contributed by atoms with E-state index in [1.165, 1.54) is 6.20 Å². The Kier molecular flexibility index (Phi) is 4.10. The van der Waals surface area contributed by atoms with Crippen LogP contribution in [0, 0.1) is 10.1 Å². The summed E-state index contributed by atoms with van der Waals surface area (Å²) in [6, 6.07) is 0. The standard InChI is InChI=1S/C11H18N6O2/c1-2-15-4-3-5-16(7-6-15)11-13-8-9(17(18)19)10(12)14-11/h8H,2-7H2,1H3,(H2,12,13,14). The third kappa shape index (κ3) is 3.08. The van der Waals surface area contributed by atoms with Gasteiger partial charge in [-0.05, 0) is 19.5 Å². The number of likely N-dealkylation sites (N-methyl/N-ethyl adjacent to an activating group) is 1. The first kappa shape index (κ1) is 13.5. The summed E-state index contributed by atoms with van der Waals surface area (Å²) >= 11 is 0. The third-order valence-electron chi connectivity index (χ3n) is 3.30. The lowest BCUT2D eigenvalue weighted by molar-refractivity contribution is -0.384. The molecule has 1 aliphatic heterocycles. The number of anilines is 2. The smallest absolute Gasteiger partial charge is 0.329 e. The second-order valence-corrected chi connectivity index (χ2v) is 4.47. The highest BCUT2D eigenvalue weighted by Gasteiger charge is 2.19. The van der Waals surface area contributed by atoms with Crippen molar-refractivity contribution in [3.05, 3.63) is 16.3 Å². The van der Waals surface area contributed by atoms with Crippen molar-refractivity contribution in [2.24, 2.45) is 0 Å². The van der Waals surface area contributed by atoms with E-state index in [9.17, 15) is 10.1 Å². The molecule has 8 nitrogen and oxygen atoms in total. The molecule has 0 radical (unpaired) electrons. The molecule has 0 aliphatic carbocycles. The Morgan fingerprint density at radius 2 is 2.21 bits per heavy atom. The van der Waals surface area contributed by atoms with Crippen LogP contribution in [0.25, 0.3) is 0 Å². The highest BCUT2D eigenvalue weighted by molar-refractivity contribution is 5.53. The van der Waals surface area contributed by atoms with Crippen LogP contribution in [0.5, 0.6) is 0 Å². The van der Waals surface area contributed by atoms with E-state index in [-0.39, 0.29) is 11.5 Å². The quantitative estimate of drug-likeness (QED) is 0.627. The molecule has 1 aromatic rings. The van der Waals surface area contributed by atoms with Gasteiger partial charge in [0.1, 0.15) is 6.20 Å². The third-order valence-corrected chi connectivity index (χ3v) is 3.30. The Labute approximate surface area is 111 Å². The zero-order chi connectivity index (χ0) is 13.8. The van der Waals surface area contributed by atoms with Gasteiger partial charge in [-0.2, -0.15) is 4.98 Å². The van der Waals surface area contributed by atoms with Gasteiger partial charge in [0.15, 0.2) is 0 Å². The summed E-state index contributed by atoms with van der Waals surface area (Å²) in [6.07, 6.45) is 2.20. The number of nitrogen functional groups attached to an aromatic ring is 1. The fourth-order valence-electron chi connectivity index (χ4n) is 2.16. The maximum atomic E-state index is 10.7. The van der Waals surface area contributed by atoms with Crippen LogP contribution in [-0.2, 0) is 0 Å². The van der Waals surface area contributed by atoms with Crippen molar-refractivity contribution in [3.63, 3.8) is 0 Å². The van der Waals surface area contributed by atoms with Crippen molar-refractivity contribution in [2.45, 2.75) is 13.3 Å². The van der Waals surface area contributed by atoms with Crippen LogP contribution >= 0.6 is 0 Å². The molecule has 1 saturated heterocycles. The fourth-order valence-corrected chi connectivity index (χ4v) is 2.16. The number of rotatable bonds is 3. The minimum absolute atomic E-state index is 0.0772. The second-order valence-electron chi connectivity index (χ2n) is 4.47. The zero-order valence-corrected chi connectivity index (χ0v) is 10.9. The maximum Gasteiger partial charge on any atom is 0.329 e. The molecule has 1 aromatic heterocycles. The normalized spacial score (nSPS) is 17.2. The van der Waals surface area contributed by atoms with E-state index < -0.39 is 4.92 Å². The lowest BCUT2D eigenvalue weighted by atomic mass is 10.4. The Bertz CT molecular complexity index is 466. The molecule has 2 N–H and O–H groups in total. The van der Waals surface area contributed by atoms with Crippen LogP contribution in [0.3, 0.4) is 0 Å². The van der Waals surface area contributed by atoms with Gasteiger partial charge in [-0.1, -0.05) is 6.92 Å². The summed E-state index contributed by atoms with van der Waals surface area (Å²) in [5.74, 6) is 0.396. The van der Waals surface area contributed by atoms with Gasteiger partial charge >= 0.3 is 5.69 Å². The highest BCUT2D eigenvalue weighted by atomic mass is 16.6. The van der Waals surface area contributed by atoms with E-state index in [4.69, 9.17) is 5.73 Å². The molecule has 0 amide bonds. The predicted molar refractivity (Wildman–Crippen MR) is 72.0 cm³/mol. The Morgan fingerprint density at radius 3 is 2.84 bits per heavy atom. The molecule has 8 heteroatoms. The van der Waals surface area contributed by atoms with Gasteiger partial charge in [-0.25, -0.2) is 4.98 Å². The predicted octanol–water partition coefficient (Wildman–Crippen LogP) is 0.499. The van der Waals surface area contributed by atoms with Crippen molar-refractivity contribution in [1.29, 1.82) is 0 Å². The van der Waals surface area contributed by atoms with Crippen LogP contribution in [0.4, 0.5) is 17.5 Å². The minimum atomic E-state index is -0.569. The average Bonchev–Trinajstić information content (AvgIpc) is 2.63. The lowest BCUT2D eigenvalue weighted by Crippen LogP contribution is -2.31. The van der Waals surface area contributed by atoms with E-state index in [0.29, 0.717) is 5.95 Å². The molecular formula is C11H18N6O2. The summed E-state index contributed by atoms with van der Waals surface area (Å²) in [6.45, 7) is 6.80. The number of hydrogen-bond acceptors (Lipinski definition) is 7.